The van der Waals surface area contributed by atoms with Crippen molar-refractivity contribution in [1.82, 2.24) is 0 Å². The predicted molar refractivity (Wildman–Crippen MR) is 64.6 cm³/mol. The predicted octanol–water partition coefficient (Wildman–Crippen LogP) is 2.86. The van der Waals surface area contributed by atoms with E-state index >= 15 is 0 Å². The second kappa shape index (κ2) is 9.40. The van der Waals surface area contributed by atoms with E-state index in [9.17, 15) is 9.59 Å². The lowest BCUT2D eigenvalue weighted by atomic mass is 10.1. The van der Waals surface area contributed by atoms with Crippen molar-refractivity contribution in [2.24, 2.45) is 0 Å². The third-order valence-corrected chi connectivity index (χ3v) is 2.24. The highest BCUT2D eigenvalue weighted by Gasteiger charge is 2.03. The Labute approximate surface area is 102 Å². The van der Waals surface area contributed by atoms with Crippen LogP contribution in [0.25, 0.3) is 0 Å². The molecule has 0 saturated heterocycles. The standard InChI is InChI=1S/C12H19ClO3/c1-10(2)12(15)16-9-5-3-4-6-11(14)7-8-13/h1,3-9H2,2H3. The van der Waals surface area contributed by atoms with E-state index in [1.54, 1.807) is 6.92 Å². The lowest BCUT2D eigenvalue weighted by molar-refractivity contribution is -0.139. The van der Waals surface area contributed by atoms with Gasteiger partial charge in [0.05, 0.1) is 6.61 Å². The minimum Gasteiger partial charge on any atom is -0.462 e. The molecule has 0 saturated carbocycles. The average molecular weight is 247 g/mol. The number of unbranched alkanes of at least 4 members (excludes halogenated alkanes) is 2. The van der Waals surface area contributed by atoms with Crippen molar-refractivity contribution in [3.63, 3.8) is 0 Å². The number of hydrogen-bond acceptors (Lipinski definition) is 3. The van der Waals surface area contributed by atoms with Crippen LogP contribution >= 0.6 is 11.6 Å². The Kier molecular flexibility index (Phi) is 8.91. The number of carbonyl (C=O) groups excluding carboxylic acids is 2. The summed E-state index contributed by atoms with van der Waals surface area (Å²) in [5, 5.41) is 0. The van der Waals surface area contributed by atoms with Crippen LogP contribution in [0, 0.1) is 0 Å². The van der Waals surface area contributed by atoms with Crippen molar-refractivity contribution in [2.45, 2.75) is 39.0 Å². The van der Waals surface area contributed by atoms with Gasteiger partial charge in [0.1, 0.15) is 5.78 Å². The number of halogens is 1. The van der Waals surface area contributed by atoms with Gasteiger partial charge in [-0.15, -0.1) is 11.6 Å². The zero-order chi connectivity index (χ0) is 12.4. The molecule has 0 fully saturated rings. The lowest BCUT2D eigenvalue weighted by Crippen LogP contribution is -2.06. The van der Waals surface area contributed by atoms with Crippen LogP contribution in [-0.2, 0) is 14.3 Å². The molecule has 16 heavy (non-hydrogen) atoms. The van der Waals surface area contributed by atoms with Gasteiger partial charge in [0.2, 0.25) is 0 Å². The van der Waals surface area contributed by atoms with E-state index in [-0.39, 0.29) is 11.8 Å². The monoisotopic (exact) mass is 246 g/mol. The van der Waals surface area contributed by atoms with E-state index in [4.69, 9.17) is 16.3 Å². The highest BCUT2D eigenvalue weighted by molar-refractivity contribution is 6.19. The van der Waals surface area contributed by atoms with Crippen LogP contribution in [0.2, 0.25) is 0 Å². The molecule has 0 atom stereocenters. The van der Waals surface area contributed by atoms with Gasteiger partial charge in [-0.25, -0.2) is 4.79 Å². The Bertz CT molecular complexity index is 249. The van der Waals surface area contributed by atoms with Gasteiger partial charge >= 0.3 is 5.97 Å². The SMILES string of the molecule is C=C(C)C(=O)OCCCCCC(=O)CCCl. The van der Waals surface area contributed by atoms with Crippen LogP contribution in [0.5, 0.6) is 0 Å². The highest BCUT2D eigenvalue weighted by atomic mass is 35.5. The molecule has 0 aliphatic carbocycles. The van der Waals surface area contributed by atoms with Crippen molar-refractivity contribution in [1.29, 1.82) is 0 Å². The molecule has 92 valence electrons. The molecular formula is C12H19ClO3. The van der Waals surface area contributed by atoms with E-state index < -0.39 is 0 Å². The summed E-state index contributed by atoms with van der Waals surface area (Å²) in [6, 6.07) is 0. The fraction of sp³-hybridized carbons (Fsp3) is 0.667. The summed E-state index contributed by atoms with van der Waals surface area (Å²) in [5.74, 6) is 0.252. The van der Waals surface area contributed by atoms with Crippen molar-refractivity contribution >= 4 is 23.4 Å². The Morgan fingerprint density at radius 2 is 1.88 bits per heavy atom. The number of Topliss-reactive ketones (excluding diaryl/α,β-unsaturated/α-hetero) is 1. The molecule has 0 heterocycles. The minimum atomic E-state index is -0.349. The fourth-order valence-corrected chi connectivity index (χ4v) is 1.33. The Morgan fingerprint density at radius 1 is 1.19 bits per heavy atom. The maximum absolute atomic E-state index is 11.1. The number of alkyl halides is 1. The summed E-state index contributed by atoms with van der Waals surface area (Å²) in [5.41, 5.74) is 0.414. The average Bonchev–Trinajstić information content (AvgIpc) is 2.23. The summed E-state index contributed by atoms with van der Waals surface area (Å²) in [7, 11) is 0. The molecule has 0 rings (SSSR count). The molecule has 0 aromatic rings. The first kappa shape index (κ1) is 15.2. The Morgan fingerprint density at radius 3 is 2.44 bits per heavy atom. The minimum absolute atomic E-state index is 0.203. The quantitative estimate of drug-likeness (QED) is 0.272. The molecule has 0 bridgehead atoms. The van der Waals surface area contributed by atoms with Crippen molar-refractivity contribution < 1.29 is 14.3 Å². The van der Waals surface area contributed by atoms with Crippen LogP contribution in [0.3, 0.4) is 0 Å². The van der Waals surface area contributed by atoms with E-state index in [0.717, 1.165) is 19.3 Å². The van der Waals surface area contributed by atoms with Crippen LogP contribution in [-0.4, -0.2) is 24.2 Å². The third-order valence-electron chi connectivity index (χ3n) is 2.05. The van der Waals surface area contributed by atoms with Crippen LogP contribution in [0.4, 0.5) is 0 Å². The normalized spacial score (nSPS) is 9.88. The summed E-state index contributed by atoms with van der Waals surface area (Å²) in [4.78, 5) is 22.1. The molecule has 0 aliphatic rings. The molecule has 3 nitrogen and oxygen atoms in total. The van der Waals surface area contributed by atoms with E-state index in [0.29, 0.717) is 30.9 Å². The molecule has 0 unspecified atom stereocenters. The second-order valence-corrected chi connectivity index (χ2v) is 4.08. The number of esters is 1. The van der Waals surface area contributed by atoms with Gasteiger partial charge in [-0.05, 0) is 26.2 Å². The third kappa shape index (κ3) is 8.48. The zero-order valence-corrected chi connectivity index (χ0v) is 10.5. The summed E-state index contributed by atoms with van der Waals surface area (Å²) in [6.45, 7) is 5.50. The van der Waals surface area contributed by atoms with Gasteiger partial charge < -0.3 is 4.74 Å². The van der Waals surface area contributed by atoms with Gasteiger partial charge in [0.25, 0.3) is 0 Å². The van der Waals surface area contributed by atoms with E-state index in [1.807, 2.05) is 0 Å². The first-order valence-corrected chi connectivity index (χ1v) is 6.01. The number of ketones is 1. The Hall–Kier alpha value is -0.830. The van der Waals surface area contributed by atoms with Gasteiger partial charge in [-0.3, -0.25) is 4.79 Å². The largest absolute Gasteiger partial charge is 0.462 e. The number of hydrogen-bond donors (Lipinski definition) is 0. The maximum atomic E-state index is 11.1. The van der Waals surface area contributed by atoms with Crippen molar-refractivity contribution in [3.05, 3.63) is 12.2 Å². The van der Waals surface area contributed by atoms with Gasteiger partial charge in [-0.1, -0.05) is 6.58 Å². The fourth-order valence-electron chi connectivity index (χ4n) is 1.12. The zero-order valence-electron chi connectivity index (χ0n) is 9.76. The number of ether oxygens (including phenoxy) is 1. The summed E-state index contributed by atoms with van der Waals surface area (Å²) < 4.78 is 4.91. The highest BCUT2D eigenvalue weighted by Crippen LogP contribution is 2.04. The van der Waals surface area contributed by atoms with E-state index in [2.05, 4.69) is 6.58 Å². The van der Waals surface area contributed by atoms with Gasteiger partial charge in [0, 0.05) is 24.3 Å². The van der Waals surface area contributed by atoms with Gasteiger partial charge in [0.15, 0.2) is 0 Å². The smallest absolute Gasteiger partial charge is 0.333 e. The molecule has 0 amide bonds. The molecule has 4 heteroatoms. The van der Waals surface area contributed by atoms with E-state index in [1.165, 1.54) is 0 Å². The summed E-state index contributed by atoms with van der Waals surface area (Å²) in [6.07, 6.45) is 3.53. The first-order valence-electron chi connectivity index (χ1n) is 5.48. The second-order valence-electron chi connectivity index (χ2n) is 3.70. The number of carbonyl (C=O) groups is 2. The van der Waals surface area contributed by atoms with Crippen molar-refractivity contribution in [3.8, 4) is 0 Å². The molecule has 0 radical (unpaired) electrons. The first-order chi connectivity index (χ1) is 7.57. The lowest BCUT2D eigenvalue weighted by Gasteiger charge is -2.03. The van der Waals surface area contributed by atoms with Crippen molar-refractivity contribution in [2.75, 3.05) is 12.5 Å². The van der Waals surface area contributed by atoms with Crippen LogP contribution in [0.15, 0.2) is 12.2 Å². The number of rotatable bonds is 9. The van der Waals surface area contributed by atoms with Gasteiger partial charge in [-0.2, -0.15) is 0 Å². The molecule has 0 aromatic heterocycles. The molecule has 0 aliphatic heterocycles. The molecule has 0 N–H and O–H groups in total. The topological polar surface area (TPSA) is 43.4 Å². The maximum Gasteiger partial charge on any atom is 0.333 e. The van der Waals surface area contributed by atoms with Crippen LogP contribution < -0.4 is 0 Å². The molecule has 0 spiro atoms. The Balaban J connectivity index is 3.31. The summed E-state index contributed by atoms with van der Waals surface area (Å²) >= 11 is 5.44. The molecular weight excluding hydrogens is 228 g/mol. The van der Waals surface area contributed by atoms with Crippen LogP contribution in [0.1, 0.15) is 39.0 Å². The molecule has 0 aromatic carbocycles.